The van der Waals surface area contributed by atoms with Gasteiger partial charge in [0, 0.05) is 6.61 Å². The molecule has 11 heavy (non-hydrogen) atoms. The number of aliphatic hydroxyl groups excluding tert-OH is 3. The lowest BCUT2D eigenvalue weighted by Crippen LogP contribution is -2.17. The molecule has 2 atom stereocenters. The Morgan fingerprint density at radius 2 is 1.82 bits per heavy atom. The zero-order chi connectivity index (χ0) is 8.69. The highest BCUT2D eigenvalue weighted by Gasteiger charge is 2.08. The van der Waals surface area contributed by atoms with Gasteiger partial charge in [0.2, 0.25) is 0 Å². The molecule has 0 bridgehead atoms. The summed E-state index contributed by atoms with van der Waals surface area (Å²) >= 11 is 0. The van der Waals surface area contributed by atoms with Crippen LogP contribution in [0.15, 0.2) is 0 Å². The zero-order valence-corrected chi connectivity index (χ0v) is 7.03. The van der Waals surface area contributed by atoms with Crippen molar-refractivity contribution in [2.24, 2.45) is 0 Å². The second-order valence-electron chi connectivity index (χ2n) is 2.82. The first kappa shape index (κ1) is 10.9. The lowest BCUT2D eigenvalue weighted by Gasteiger charge is -2.12. The number of hydrogen-bond donors (Lipinski definition) is 3. The van der Waals surface area contributed by atoms with Gasteiger partial charge in [-0.3, -0.25) is 0 Å². The van der Waals surface area contributed by atoms with E-state index >= 15 is 0 Å². The first-order valence-electron chi connectivity index (χ1n) is 4.17. The largest absolute Gasteiger partial charge is 0.396 e. The highest BCUT2D eigenvalue weighted by atomic mass is 16.3. The summed E-state index contributed by atoms with van der Waals surface area (Å²) in [5.41, 5.74) is 0. The van der Waals surface area contributed by atoms with E-state index in [0.29, 0.717) is 25.7 Å². The Bertz CT molecular complexity index is 85.4. The van der Waals surface area contributed by atoms with Gasteiger partial charge in [-0.05, 0) is 25.7 Å². The molecule has 0 aliphatic carbocycles. The Morgan fingerprint density at radius 1 is 1.18 bits per heavy atom. The minimum Gasteiger partial charge on any atom is -0.396 e. The van der Waals surface area contributed by atoms with Crippen molar-refractivity contribution < 1.29 is 15.3 Å². The van der Waals surface area contributed by atoms with Crippen LogP contribution >= 0.6 is 0 Å². The molecule has 0 saturated carbocycles. The zero-order valence-electron chi connectivity index (χ0n) is 7.03. The monoisotopic (exact) mass is 162 g/mol. The normalized spacial score (nSPS) is 16.4. The van der Waals surface area contributed by atoms with Gasteiger partial charge in [0.25, 0.3) is 0 Å². The van der Waals surface area contributed by atoms with Gasteiger partial charge in [0.15, 0.2) is 0 Å². The Hall–Kier alpha value is -0.120. The molecule has 0 radical (unpaired) electrons. The molecule has 2 unspecified atom stereocenters. The van der Waals surface area contributed by atoms with E-state index in [1.807, 2.05) is 6.92 Å². The summed E-state index contributed by atoms with van der Waals surface area (Å²) in [6.45, 7) is 1.99. The SMILES string of the molecule is CCC(O)CC(O)CCCO. The third-order valence-corrected chi connectivity index (χ3v) is 1.71. The quantitative estimate of drug-likeness (QED) is 0.525. The molecule has 3 heteroatoms. The van der Waals surface area contributed by atoms with E-state index in [9.17, 15) is 5.11 Å². The van der Waals surface area contributed by atoms with Crippen LogP contribution in [-0.4, -0.2) is 34.1 Å². The molecular formula is C8H18O3. The van der Waals surface area contributed by atoms with E-state index < -0.39 is 12.2 Å². The van der Waals surface area contributed by atoms with Crippen LogP contribution in [0.4, 0.5) is 0 Å². The third-order valence-electron chi connectivity index (χ3n) is 1.71. The minimum absolute atomic E-state index is 0.110. The molecule has 0 aliphatic heterocycles. The fraction of sp³-hybridized carbons (Fsp3) is 1.00. The van der Waals surface area contributed by atoms with Gasteiger partial charge in [-0.15, -0.1) is 0 Å². The summed E-state index contributed by atoms with van der Waals surface area (Å²) < 4.78 is 0. The second kappa shape index (κ2) is 6.58. The van der Waals surface area contributed by atoms with E-state index in [-0.39, 0.29) is 6.61 Å². The summed E-state index contributed by atoms with van der Waals surface area (Å²) in [5, 5.41) is 26.7. The van der Waals surface area contributed by atoms with Crippen LogP contribution in [0, 0.1) is 0 Å². The van der Waals surface area contributed by atoms with Gasteiger partial charge in [-0.25, -0.2) is 0 Å². The third kappa shape index (κ3) is 6.28. The second-order valence-corrected chi connectivity index (χ2v) is 2.82. The van der Waals surface area contributed by atoms with Gasteiger partial charge < -0.3 is 15.3 Å². The van der Waals surface area contributed by atoms with Crippen LogP contribution in [0.2, 0.25) is 0 Å². The van der Waals surface area contributed by atoms with Crippen molar-refractivity contribution in [1.29, 1.82) is 0 Å². The number of aliphatic hydroxyl groups is 3. The van der Waals surface area contributed by atoms with Crippen molar-refractivity contribution in [3.8, 4) is 0 Å². The van der Waals surface area contributed by atoms with E-state index in [0.717, 1.165) is 0 Å². The molecule has 0 aliphatic rings. The van der Waals surface area contributed by atoms with Gasteiger partial charge in [-0.1, -0.05) is 6.92 Å². The summed E-state index contributed by atoms with van der Waals surface area (Å²) in [4.78, 5) is 0. The van der Waals surface area contributed by atoms with Gasteiger partial charge in [0.1, 0.15) is 0 Å². The highest BCUT2D eigenvalue weighted by molar-refractivity contribution is 4.61. The minimum atomic E-state index is -0.461. The fourth-order valence-electron chi connectivity index (χ4n) is 0.925. The van der Waals surface area contributed by atoms with Crippen molar-refractivity contribution in [3.63, 3.8) is 0 Å². The van der Waals surface area contributed by atoms with Gasteiger partial charge in [0.05, 0.1) is 12.2 Å². The van der Waals surface area contributed by atoms with Crippen molar-refractivity contribution in [2.75, 3.05) is 6.61 Å². The summed E-state index contributed by atoms with van der Waals surface area (Å²) in [6, 6.07) is 0. The Morgan fingerprint density at radius 3 is 2.27 bits per heavy atom. The molecule has 0 aromatic heterocycles. The first-order valence-corrected chi connectivity index (χ1v) is 4.17. The molecule has 0 spiro atoms. The molecule has 0 rings (SSSR count). The summed E-state index contributed by atoms with van der Waals surface area (Å²) in [6.07, 6.45) is 1.43. The van der Waals surface area contributed by atoms with E-state index in [1.54, 1.807) is 0 Å². The molecule has 0 saturated heterocycles. The lowest BCUT2D eigenvalue weighted by molar-refractivity contribution is 0.0692. The predicted octanol–water partition coefficient (Wildman–Crippen LogP) is 0.281. The molecular weight excluding hydrogens is 144 g/mol. The smallest absolute Gasteiger partial charge is 0.0565 e. The number of hydrogen-bond acceptors (Lipinski definition) is 3. The van der Waals surface area contributed by atoms with Gasteiger partial charge >= 0.3 is 0 Å². The van der Waals surface area contributed by atoms with Crippen LogP contribution < -0.4 is 0 Å². The molecule has 0 heterocycles. The number of rotatable bonds is 6. The van der Waals surface area contributed by atoms with Gasteiger partial charge in [-0.2, -0.15) is 0 Å². The van der Waals surface area contributed by atoms with Crippen LogP contribution in [0.5, 0.6) is 0 Å². The Balaban J connectivity index is 3.27. The Kier molecular flexibility index (Phi) is 6.51. The maximum absolute atomic E-state index is 9.21. The van der Waals surface area contributed by atoms with Crippen molar-refractivity contribution in [1.82, 2.24) is 0 Å². The standard InChI is InChI=1S/C8H18O3/c1-2-7(10)6-8(11)4-3-5-9/h7-11H,2-6H2,1H3. The van der Waals surface area contributed by atoms with Crippen LogP contribution in [-0.2, 0) is 0 Å². The fourth-order valence-corrected chi connectivity index (χ4v) is 0.925. The van der Waals surface area contributed by atoms with E-state index in [2.05, 4.69) is 0 Å². The van der Waals surface area contributed by atoms with Crippen molar-refractivity contribution >= 4 is 0 Å². The molecule has 3 N–H and O–H groups in total. The van der Waals surface area contributed by atoms with E-state index in [1.165, 1.54) is 0 Å². The molecule has 3 nitrogen and oxygen atoms in total. The lowest BCUT2D eigenvalue weighted by atomic mass is 10.1. The van der Waals surface area contributed by atoms with E-state index in [4.69, 9.17) is 10.2 Å². The molecule has 0 amide bonds. The average molecular weight is 162 g/mol. The van der Waals surface area contributed by atoms with Crippen molar-refractivity contribution in [3.05, 3.63) is 0 Å². The molecule has 0 aromatic carbocycles. The summed E-state index contributed by atoms with van der Waals surface area (Å²) in [5.74, 6) is 0. The highest BCUT2D eigenvalue weighted by Crippen LogP contribution is 2.06. The predicted molar refractivity (Wildman–Crippen MR) is 43.2 cm³/mol. The van der Waals surface area contributed by atoms with Crippen molar-refractivity contribution in [2.45, 2.75) is 44.8 Å². The topological polar surface area (TPSA) is 60.7 Å². The Labute approximate surface area is 67.7 Å². The average Bonchev–Trinajstić information content (AvgIpc) is 2.00. The molecule has 68 valence electrons. The molecule has 0 aromatic rings. The van der Waals surface area contributed by atoms with Crippen LogP contribution in [0.3, 0.4) is 0 Å². The maximum Gasteiger partial charge on any atom is 0.0565 e. The molecule has 0 fully saturated rings. The van der Waals surface area contributed by atoms with Crippen LogP contribution in [0.1, 0.15) is 32.6 Å². The first-order chi connectivity index (χ1) is 5.20. The summed E-state index contributed by atoms with van der Waals surface area (Å²) in [7, 11) is 0. The van der Waals surface area contributed by atoms with Crippen LogP contribution in [0.25, 0.3) is 0 Å². The maximum atomic E-state index is 9.21.